The number of nitrogens with one attached hydrogen (secondary N) is 4. The maximum atomic E-state index is 13.9. The predicted molar refractivity (Wildman–Crippen MR) is 215 cm³/mol. The average molecular weight is 841 g/mol. The van der Waals surface area contributed by atoms with Crippen LogP contribution in [0.25, 0.3) is 22.3 Å². The van der Waals surface area contributed by atoms with E-state index in [0.29, 0.717) is 42.7 Å². The van der Waals surface area contributed by atoms with Crippen molar-refractivity contribution in [1.82, 2.24) is 20.1 Å². The van der Waals surface area contributed by atoms with Crippen molar-refractivity contribution in [1.29, 1.82) is 0 Å². The van der Waals surface area contributed by atoms with E-state index in [4.69, 9.17) is 0 Å². The van der Waals surface area contributed by atoms with Gasteiger partial charge in [-0.05, 0) is 131 Å². The molecule has 4 aromatic carbocycles. The van der Waals surface area contributed by atoms with E-state index in [9.17, 15) is 39.2 Å². The Balaban J connectivity index is 0.000000381. The van der Waals surface area contributed by atoms with Crippen molar-refractivity contribution >= 4 is 43.3 Å². The van der Waals surface area contributed by atoms with E-state index < -0.39 is 43.3 Å². The van der Waals surface area contributed by atoms with Gasteiger partial charge in [-0.15, -0.1) is 0 Å². The molecular weight excluding hydrogens is 791 g/mol. The van der Waals surface area contributed by atoms with Crippen molar-refractivity contribution in [3.05, 3.63) is 108 Å². The summed E-state index contributed by atoms with van der Waals surface area (Å²) in [6, 6.07) is 18.1. The Hall–Kier alpha value is -3.02. The van der Waals surface area contributed by atoms with Gasteiger partial charge in [-0.2, -0.15) is 0 Å². The van der Waals surface area contributed by atoms with Gasteiger partial charge in [0.05, 0.1) is 9.79 Å². The third-order valence-corrected chi connectivity index (χ3v) is 13.2. The zero-order valence-corrected chi connectivity index (χ0v) is 33.3. The smallest absolute Gasteiger partial charge is 1.00 e. The minimum atomic E-state index is -3.72. The van der Waals surface area contributed by atoms with Crippen LogP contribution in [-0.2, 0) is 24.8 Å². The summed E-state index contributed by atoms with van der Waals surface area (Å²) in [4.78, 5) is 11.9. The van der Waals surface area contributed by atoms with Gasteiger partial charge in [0, 0.05) is 48.3 Å². The Bertz CT molecular complexity index is 2160. The van der Waals surface area contributed by atoms with E-state index in [1.807, 2.05) is 7.05 Å². The fourth-order valence-corrected chi connectivity index (χ4v) is 9.71. The Morgan fingerprint density at radius 1 is 0.614 bits per heavy atom. The van der Waals surface area contributed by atoms with Crippen LogP contribution in [0.3, 0.4) is 0 Å². The van der Waals surface area contributed by atoms with Crippen molar-refractivity contribution < 1.29 is 59.5 Å². The number of halogens is 4. The maximum absolute atomic E-state index is 13.9. The molecule has 2 aliphatic rings. The first-order valence-electron chi connectivity index (χ1n) is 18.2. The third kappa shape index (κ3) is 13.2. The van der Waals surface area contributed by atoms with Crippen molar-refractivity contribution in [2.75, 3.05) is 20.6 Å². The van der Waals surface area contributed by atoms with Crippen molar-refractivity contribution in [2.45, 2.75) is 73.2 Å². The fourth-order valence-electron chi connectivity index (χ4n) is 7.10. The van der Waals surface area contributed by atoms with Gasteiger partial charge in [0.2, 0.25) is 26.0 Å². The van der Waals surface area contributed by atoms with Gasteiger partial charge in [0.25, 0.3) is 0 Å². The van der Waals surface area contributed by atoms with Gasteiger partial charge in [-0.25, -0.2) is 43.8 Å². The van der Waals surface area contributed by atoms with E-state index in [0.717, 1.165) is 50.4 Å². The second-order valence-electron chi connectivity index (χ2n) is 14.0. The third-order valence-electron chi connectivity index (χ3n) is 10.1. The SMILES string of the molecule is CNC(=O)C1CCC(NS(=O)(=O)c2ccc(-c3ccc(F)cc3F)cc2)CC1.CNCC1CCC(NS(=O)(=O)c2ccc(-c3ccc(F)cc3F)cc2)CC1.[AlH3].[H-].[Li+]. The Morgan fingerprint density at radius 3 is 1.35 bits per heavy atom. The van der Waals surface area contributed by atoms with Crippen LogP contribution < -0.4 is 38.9 Å². The van der Waals surface area contributed by atoms with E-state index >= 15 is 0 Å². The number of sulfonamides is 2. The van der Waals surface area contributed by atoms with Crippen LogP contribution >= 0.6 is 0 Å². The normalized spacial score (nSPS) is 19.5. The molecule has 4 aromatic rings. The van der Waals surface area contributed by atoms with Crippen molar-refractivity contribution in [2.24, 2.45) is 11.8 Å². The zero-order chi connectivity index (χ0) is 39.8. The summed E-state index contributed by atoms with van der Waals surface area (Å²) in [6.45, 7) is 0.959. The predicted octanol–water partition coefficient (Wildman–Crippen LogP) is 2.84. The average Bonchev–Trinajstić information content (AvgIpc) is 3.16. The molecule has 1 amide bonds. The van der Waals surface area contributed by atoms with Gasteiger partial charge in [0.1, 0.15) is 23.3 Å². The van der Waals surface area contributed by atoms with E-state index in [1.54, 1.807) is 7.05 Å². The fraction of sp³-hybridized carbons (Fsp3) is 0.375. The van der Waals surface area contributed by atoms with Crippen LogP contribution in [0.4, 0.5) is 17.6 Å². The number of amides is 1. The Kier molecular flexibility index (Phi) is 18.5. The molecule has 0 radical (unpaired) electrons. The molecule has 2 fully saturated rings. The number of rotatable bonds is 11. The van der Waals surface area contributed by atoms with Crippen LogP contribution in [0.15, 0.2) is 94.7 Å². The Morgan fingerprint density at radius 2 is 1.00 bits per heavy atom. The van der Waals surface area contributed by atoms with Crippen LogP contribution in [0.2, 0.25) is 0 Å². The topological polar surface area (TPSA) is 133 Å². The maximum Gasteiger partial charge on any atom is 1.00 e. The van der Waals surface area contributed by atoms with Crippen LogP contribution in [0, 0.1) is 35.1 Å². The Labute approximate surface area is 357 Å². The van der Waals surface area contributed by atoms with Crippen LogP contribution in [0.1, 0.15) is 52.8 Å². The number of carbonyl (C=O) groups is 1. The molecule has 0 saturated heterocycles. The molecule has 0 bridgehead atoms. The number of benzene rings is 4. The summed E-state index contributed by atoms with van der Waals surface area (Å²) >= 11 is 0. The molecule has 6 rings (SSSR count). The second-order valence-corrected chi connectivity index (χ2v) is 17.4. The largest absolute Gasteiger partial charge is 1.00 e. The molecule has 9 nitrogen and oxygen atoms in total. The first kappa shape index (κ1) is 48.3. The van der Waals surface area contributed by atoms with Crippen LogP contribution in [0.5, 0.6) is 0 Å². The van der Waals surface area contributed by atoms with Gasteiger partial charge >= 0.3 is 18.9 Å². The quantitative estimate of drug-likeness (QED) is 0.136. The molecule has 2 saturated carbocycles. The van der Waals surface area contributed by atoms with Gasteiger partial charge in [0.15, 0.2) is 17.4 Å². The number of hydrogen-bond donors (Lipinski definition) is 4. The molecule has 0 aliphatic heterocycles. The standard InChI is InChI=1S/C20H22F2N2O3S.C20H24F2N2O2S.Al.Li.4H/c1-23-20(25)14-2-7-16(8-3-14)24-28(26,27)17-9-4-13(5-10-17)18-11-6-15(21)12-19(18)22;1-23-13-14-2-7-17(8-3-14)24-27(25,26)18-9-4-15(5-10-18)19-11-6-16(21)12-20(19)22;;;;;;/h4-6,9-12,14,16,24H,2-3,7-8H2,1H3,(H,23,25);4-6,9-12,14,17,23-24H,2-3,7-8,13H2,1H3;;;;;;/q;;;+1;;;;-1. The monoisotopic (exact) mass is 840 g/mol. The summed E-state index contributed by atoms with van der Waals surface area (Å²) in [5, 5.41) is 5.79. The minimum absolute atomic E-state index is 0. The molecule has 0 aromatic heterocycles. The molecule has 0 heterocycles. The molecule has 0 unspecified atom stereocenters. The molecule has 0 atom stereocenters. The van der Waals surface area contributed by atoms with Gasteiger partial charge in [-0.3, -0.25) is 4.79 Å². The second kappa shape index (κ2) is 21.8. The number of carbonyl (C=O) groups excluding carboxylic acids is 1. The van der Waals surface area contributed by atoms with E-state index in [-0.39, 0.29) is 82.5 Å². The molecule has 304 valence electrons. The molecule has 0 spiro atoms. The van der Waals surface area contributed by atoms with Gasteiger partial charge in [-0.1, -0.05) is 24.3 Å². The number of hydrogen-bond acceptors (Lipinski definition) is 6. The summed E-state index contributed by atoms with van der Waals surface area (Å²) < 4.78 is 110. The molecule has 2 aliphatic carbocycles. The van der Waals surface area contributed by atoms with E-state index in [2.05, 4.69) is 20.1 Å². The molecule has 4 N–H and O–H groups in total. The minimum Gasteiger partial charge on any atom is -1.00 e. The molecular formula is C40H50AlF4LiN4O5S2. The van der Waals surface area contributed by atoms with Gasteiger partial charge < -0.3 is 12.1 Å². The first-order chi connectivity index (χ1) is 26.2. The van der Waals surface area contributed by atoms with E-state index in [1.165, 1.54) is 66.7 Å². The van der Waals surface area contributed by atoms with Crippen molar-refractivity contribution in [3.63, 3.8) is 0 Å². The first-order valence-corrected chi connectivity index (χ1v) is 21.2. The molecule has 57 heavy (non-hydrogen) atoms. The summed E-state index contributed by atoms with van der Waals surface area (Å²) in [6.07, 6.45) is 6.10. The van der Waals surface area contributed by atoms with Crippen molar-refractivity contribution in [3.8, 4) is 22.3 Å². The summed E-state index contributed by atoms with van der Waals surface area (Å²) in [5.41, 5.74) is 1.39. The molecule has 17 heteroatoms. The van der Waals surface area contributed by atoms with Crippen LogP contribution in [-0.4, -0.2) is 72.8 Å². The summed E-state index contributed by atoms with van der Waals surface area (Å²) in [7, 11) is -3.83. The summed E-state index contributed by atoms with van der Waals surface area (Å²) in [5.74, 6) is -2.19. The zero-order valence-electron chi connectivity index (χ0n) is 32.6.